The van der Waals surface area contributed by atoms with Gasteiger partial charge in [-0.1, -0.05) is 14.4 Å². The Labute approximate surface area is 70.5 Å². The van der Waals surface area contributed by atoms with E-state index in [1.165, 1.54) is 0 Å². The van der Waals surface area contributed by atoms with Gasteiger partial charge < -0.3 is 9.64 Å². The molecule has 2 heteroatoms. The lowest BCUT2D eigenvalue weighted by Crippen LogP contribution is -2.44. The third-order valence-corrected chi connectivity index (χ3v) is 1.96. The van der Waals surface area contributed by atoms with Crippen molar-refractivity contribution in [2.75, 3.05) is 20.1 Å². The third kappa shape index (κ3) is 3.21. The van der Waals surface area contributed by atoms with Crippen LogP contribution in [0.2, 0.25) is 0 Å². The van der Waals surface area contributed by atoms with E-state index >= 15 is 0 Å². The minimum atomic E-state index is 0. The van der Waals surface area contributed by atoms with Crippen LogP contribution in [-0.2, 0) is 4.74 Å². The molecule has 0 spiro atoms. The second-order valence-electron chi connectivity index (χ2n) is 3.20. The zero-order valence-electron chi connectivity index (χ0n) is 7.13. The van der Waals surface area contributed by atoms with Gasteiger partial charge >= 0.3 is 0 Å². The van der Waals surface area contributed by atoms with E-state index < -0.39 is 0 Å². The zero-order valence-corrected chi connectivity index (χ0v) is 7.13. The molecule has 0 bridgehead atoms. The van der Waals surface area contributed by atoms with E-state index in [0.29, 0.717) is 12.2 Å². The van der Waals surface area contributed by atoms with Crippen molar-refractivity contribution >= 4 is 0 Å². The van der Waals surface area contributed by atoms with E-state index in [0.717, 1.165) is 19.5 Å². The first-order valence-electron chi connectivity index (χ1n) is 4.06. The molecule has 1 rings (SSSR count). The maximum atomic E-state index is 5.66. The van der Waals surface area contributed by atoms with Gasteiger partial charge in [0.1, 0.15) is 0 Å². The summed E-state index contributed by atoms with van der Waals surface area (Å²) in [4.78, 5) is 2.34. The molecule has 0 aliphatic carbocycles. The average Bonchev–Trinajstić information content (AvgIpc) is 1.85. The molecule has 1 heterocycles. The molecule has 0 radical (unpaired) electrons. The number of likely N-dealkylation sites (N-methyl/N-ethyl adjacent to an activating group) is 1. The standard InChI is InChI=1S/C8H17NO.CH4/c1-4-8-6-9(3)5-7(2)10-8;/h7-8H,4-6H2,1-3H3;1H4. The van der Waals surface area contributed by atoms with Crippen LogP contribution in [0, 0.1) is 0 Å². The maximum absolute atomic E-state index is 5.66. The van der Waals surface area contributed by atoms with Gasteiger partial charge in [0.2, 0.25) is 0 Å². The predicted molar refractivity (Wildman–Crippen MR) is 48.9 cm³/mol. The van der Waals surface area contributed by atoms with E-state index in [4.69, 9.17) is 4.74 Å². The van der Waals surface area contributed by atoms with E-state index in [-0.39, 0.29) is 7.43 Å². The van der Waals surface area contributed by atoms with Gasteiger partial charge in [0.25, 0.3) is 0 Å². The Balaban J connectivity index is 0.000001000. The highest BCUT2D eigenvalue weighted by atomic mass is 16.5. The first-order chi connectivity index (χ1) is 4.72. The van der Waals surface area contributed by atoms with E-state index in [1.807, 2.05) is 0 Å². The summed E-state index contributed by atoms with van der Waals surface area (Å²) < 4.78 is 5.66. The molecule has 1 saturated heterocycles. The summed E-state index contributed by atoms with van der Waals surface area (Å²) in [5.74, 6) is 0. The van der Waals surface area contributed by atoms with Crippen LogP contribution in [0.15, 0.2) is 0 Å². The fourth-order valence-corrected chi connectivity index (χ4v) is 1.50. The Morgan fingerprint density at radius 3 is 2.55 bits per heavy atom. The maximum Gasteiger partial charge on any atom is 0.0703 e. The Morgan fingerprint density at radius 1 is 1.45 bits per heavy atom. The Hall–Kier alpha value is -0.0800. The number of rotatable bonds is 1. The van der Waals surface area contributed by atoms with Crippen molar-refractivity contribution in [2.24, 2.45) is 0 Å². The molecule has 2 nitrogen and oxygen atoms in total. The van der Waals surface area contributed by atoms with Gasteiger partial charge in [0, 0.05) is 13.1 Å². The lowest BCUT2D eigenvalue weighted by molar-refractivity contribution is -0.0703. The van der Waals surface area contributed by atoms with E-state index in [2.05, 4.69) is 25.8 Å². The van der Waals surface area contributed by atoms with Gasteiger partial charge in [-0.05, 0) is 20.4 Å². The van der Waals surface area contributed by atoms with Gasteiger partial charge in [-0.15, -0.1) is 0 Å². The molecule has 0 aromatic rings. The molecular formula is C9H21NO. The highest BCUT2D eigenvalue weighted by Crippen LogP contribution is 2.10. The van der Waals surface area contributed by atoms with E-state index in [9.17, 15) is 0 Å². The monoisotopic (exact) mass is 159 g/mol. The molecule has 0 saturated carbocycles. The molecule has 0 amide bonds. The summed E-state index contributed by atoms with van der Waals surface area (Å²) in [7, 11) is 2.15. The molecule has 0 N–H and O–H groups in total. The van der Waals surface area contributed by atoms with Crippen LogP contribution in [0.5, 0.6) is 0 Å². The van der Waals surface area contributed by atoms with Crippen molar-refractivity contribution < 1.29 is 4.74 Å². The molecule has 68 valence electrons. The average molecular weight is 159 g/mol. The van der Waals surface area contributed by atoms with Gasteiger partial charge in [-0.25, -0.2) is 0 Å². The first kappa shape index (κ1) is 10.9. The fraction of sp³-hybridized carbons (Fsp3) is 1.00. The lowest BCUT2D eigenvalue weighted by atomic mass is 10.2. The number of nitrogens with zero attached hydrogens (tertiary/aromatic N) is 1. The fourth-order valence-electron chi connectivity index (χ4n) is 1.50. The van der Waals surface area contributed by atoms with Crippen LogP contribution in [0.3, 0.4) is 0 Å². The summed E-state index contributed by atoms with van der Waals surface area (Å²) in [6, 6.07) is 0. The van der Waals surface area contributed by atoms with Gasteiger partial charge in [0.15, 0.2) is 0 Å². The first-order valence-corrected chi connectivity index (χ1v) is 4.06. The largest absolute Gasteiger partial charge is 0.373 e. The van der Waals surface area contributed by atoms with Crippen LogP contribution in [-0.4, -0.2) is 37.2 Å². The Bertz CT molecular complexity index is 95.7. The van der Waals surface area contributed by atoms with Crippen LogP contribution in [0.25, 0.3) is 0 Å². The van der Waals surface area contributed by atoms with Crippen molar-refractivity contribution in [3.63, 3.8) is 0 Å². The number of hydrogen-bond donors (Lipinski definition) is 0. The Kier molecular flexibility index (Phi) is 4.69. The second kappa shape index (κ2) is 4.73. The summed E-state index contributed by atoms with van der Waals surface area (Å²) in [6.45, 7) is 6.49. The highest BCUT2D eigenvalue weighted by molar-refractivity contribution is 4.71. The van der Waals surface area contributed by atoms with Crippen molar-refractivity contribution in [3.05, 3.63) is 0 Å². The molecule has 0 aromatic heterocycles. The van der Waals surface area contributed by atoms with Crippen molar-refractivity contribution in [1.82, 2.24) is 4.90 Å². The van der Waals surface area contributed by atoms with Crippen molar-refractivity contribution in [1.29, 1.82) is 0 Å². The molecule has 1 fully saturated rings. The van der Waals surface area contributed by atoms with Crippen LogP contribution >= 0.6 is 0 Å². The van der Waals surface area contributed by atoms with Crippen LogP contribution < -0.4 is 0 Å². The number of morpholine rings is 1. The van der Waals surface area contributed by atoms with Gasteiger partial charge in [-0.3, -0.25) is 0 Å². The topological polar surface area (TPSA) is 12.5 Å². The summed E-state index contributed by atoms with van der Waals surface area (Å²) in [6.07, 6.45) is 2.02. The summed E-state index contributed by atoms with van der Waals surface area (Å²) >= 11 is 0. The van der Waals surface area contributed by atoms with E-state index in [1.54, 1.807) is 0 Å². The molecule has 11 heavy (non-hydrogen) atoms. The summed E-state index contributed by atoms with van der Waals surface area (Å²) in [5.41, 5.74) is 0. The number of hydrogen-bond acceptors (Lipinski definition) is 2. The minimum Gasteiger partial charge on any atom is -0.373 e. The predicted octanol–water partition coefficient (Wildman–Crippen LogP) is 1.75. The molecule has 1 aliphatic rings. The molecule has 1 aliphatic heterocycles. The molecular weight excluding hydrogens is 138 g/mol. The van der Waals surface area contributed by atoms with Crippen molar-refractivity contribution in [2.45, 2.75) is 39.9 Å². The Morgan fingerprint density at radius 2 is 2.09 bits per heavy atom. The smallest absolute Gasteiger partial charge is 0.0703 e. The third-order valence-electron chi connectivity index (χ3n) is 1.96. The highest BCUT2D eigenvalue weighted by Gasteiger charge is 2.20. The van der Waals surface area contributed by atoms with Gasteiger partial charge in [0.05, 0.1) is 12.2 Å². The van der Waals surface area contributed by atoms with Crippen LogP contribution in [0.1, 0.15) is 27.7 Å². The van der Waals surface area contributed by atoms with Gasteiger partial charge in [-0.2, -0.15) is 0 Å². The second-order valence-corrected chi connectivity index (χ2v) is 3.20. The minimum absolute atomic E-state index is 0. The lowest BCUT2D eigenvalue weighted by Gasteiger charge is -2.33. The quantitative estimate of drug-likeness (QED) is 0.578. The molecule has 2 unspecified atom stereocenters. The normalized spacial score (nSPS) is 33.0. The SMILES string of the molecule is C.CCC1CN(C)CC(C)O1. The number of ether oxygens (including phenoxy) is 1. The molecule has 0 aromatic carbocycles. The van der Waals surface area contributed by atoms with Crippen LogP contribution in [0.4, 0.5) is 0 Å². The summed E-state index contributed by atoms with van der Waals surface area (Å²) in [5, 5.41) is 0. The zero-order chi connectivity index (χ0) is 7.56. The molecule has 2 atom stereocenters. The van der Waals surface area contributed by atoms with Crippen molar-refractivity contribution in [3.8, 4) is 0 Å².